The SMILES string of the molecule is O/N=C1/CCc2cc(OCc3cccc(O)c3)ccc21. The summed E-state index contributed by atoms with van der Waals surface area (Å²) in [6.45, 7) is 0.411. The Balaban J connectivity index is 1.73. The summed E-state index contributed by atoms with van der Waals surface area (Å²) in [5, 5.41) is 21.6. The van der Waals surface area contributed by atoms with Gasteiger partial charge in [0.25, 0.3) is 0 Å². The maximum atomic E-state index is 9.40. The molecular weight excluding hydrogens is 254 g/mol. The summed E-state index contributed by atoms with van der Waals surface area (Å²) in [6, 6.07) is 12.8. The number of aromatic hydroxyl groups is 1. The zero-order valence-corrected chi connectivity index (χ0v) is 10.9. The van der Waals surface area contributed by atoms with Gasteiger partial charge in [-0.3, -0.25) is 0 Å². The number of aryl methyl sites for hydroxylation is 1. The van der Waals surface area contributed by atoms with Gasteiger partial charge in [-0.25, -0.2) is 0 Å². The van der Waals surface area contributed by atoms with Gasteiger partial charge in [-0.1, -0.05) is 17.3 Å². The third-order valence-electron chi connectivity index (χ3n) is 3.46. The molecule has 4 nitrogen and oxygen atoms in total. The second kappa shape index (κ2) is 5.25. The third kappa shape index (κ3) is 2.45. The van der Waals surface area contributed by atoms with Gasteiger partial charge in [0, 0.05) is 5.56 Å². The van der Waals surface area contributed by atoms with E-state index in [-0.39, 0.29) is 5.75 Å². The molecule has 0 saturated carbocycles. The summed E-state index contributed by atoms with van der Waals surface area (Å²) in [6.07, 6.45) is 1.64. The smallest absolute Gasteiger partial charge is 0.120 e. The molecule has 102 valence electrons. The first-order valence-electron chi connectivity index (χ1n) is 6.51. The molecule has 2 aromatic rings. The largest absolute Gasteiger partial charge is 0.508 e. The third-order valence-corrected chi connectivity index (χ3v) is 3.46. The number of benzene rings is 2. The predicted octanol–water partition coefficient (Wildman–Crippen LogP) is 3.10. The number of phenolic OH excluding ortho intramolecular Hbond substituents is 1. The molecule has 1 aliphatic rings. The summed E-state index contributed by atoms with van der Waals surface area (Å²) in [4.78, 5) is 0. The average Bonchev–Trinajstić information content (AvgIpc) is 2.87. The monoisotopic (exact) mass is 269 g/mol. The van der Waals surface area contributed by atoms with Crippen molar-refractivity contribution in [1.82, 2.24) is 0 Å². The lowest BCUT2D eigenvalue weighted by atomic mass is 10.1. The molecule has 0 unspecified atom stereocenters. The van der Waals surface area contributed by atoms with Crippen molar-refractivity contribution in [3.05, 3.63) is 59.2 Å². The van der Waals surface area contributed by atoms with Crippen LogP contribution in [0, 0.1) is 0 Å². The number of ether oxygens (including phenoxy) is 1. The number of phenols is 1. The molecule has 2 aromatic carbocycles. The summed E-state index contributed by atoms with van der Waals surface area (Å²) in [5.74, 6) is 1.02. The minimum absolute atomic E-state index is 0.240. The van der Waals surface area contributed by atoms with Crippen molar-refractivity contribution >= 4 is 5.71 Å². The van der Waals surface area contributed by atoms with E-state index in [4.69, 9.17) is 9.94 Å². The molecule has 0 heterocycles. The number of fused-ring (bicyclic) bond motifs is 1. The summed E-state index contributed by atoms with van der Waals surface area (Å²) in [5.41, 5.74) is 3.80. The van der Waals surface area contributed by atoms with Gasteiger partial charge in [0.15, 0.2) is 0 Å². The molecular formula is C16H15NO3. The molecule has 1 aliphatic carbocycles. The fourth-order valence-corrected chi connectivity index (χ4v) is 2.45. The Morgan fingerprint density at radius 2 is 2.00 bits per heavy atom. The highest BCUT2D eigenvalue weighted by molar-refractivity contribution is 6.04. The zero-order valence-electron chi connectivity index (χ0n) is 10.9. The molecule has 0 radical (unpaired) electrons. The topological polar surface area (TPSA) is 62.1 Å². The first-order valence-corrected chi connectivity index (χ1v) is 6.51. The number of hydrogen-bond acceptors (Lipinski definition) is 4. The fourth-order valence-electron chi connectivity index (χ4n) is 2.45. The highest BCUT2D eigenvalue weighted by Gasteiger charge is 2.18. The minimum Gasteiger partial charge on any atom is -0.508 e. The van der Waals surface area contributed by atoms with Crippen LogP contribution >= 0.6 is 0 Å². The molecule has 2 N–H and O–H groups in total. The normalized spacial score (nSPS) is 15.3. The van der Waals surface area contributed by atoms with Gasteiger partial charge in [0.05, 0.1) is 5.71 Å². The lowest BCUT2D eigenvalue weighted by Gasteiger charge is -2.08. The van der Waals surface area contributed by atoms with Gasteiger partial charge in [-0.2, -0.15) is 0 Å². The van der Waals surface area contributed by atoms with Crippen LogP contribution in [0.1, 0.15) is 23.1 Å². The van der Waals surface area contributed by atoms with E-state index in [1.54, 1.807) is 18.2 Å². The lowest BCUT2D eigenvalue weighted by molar-refractivity contribution is 0.305. The Kier molecular flexibility index (Phi) is 3.29. The molecule has 0 atom stereocenters. The maximum absolute atomic E-state index is 9.40. The molecule has 3 rings (SSSR count). The van der Waals surface area contributed by atoms with Crippen LogP contribution in [-0.2, 0) is 13.0 Å². The van der Waals surface area contributed by atoms with E-state index in [0.29, 0.717) is 6.61 Å². The molecule has 0 spiro atoms. The number of hydrogen-bond donors (Lipinski definition) is 2. The second-order valence-electron chi connectivity index (χ2n) is 4.82. The van der Waals surface area contributed by atoms with E-state index < -0.39 is 0 Å². The number of nitrogens with zero attached hydrogens (tertiary/aromatic N) is 1. The molecule has 20 heavy (non-hydrogen) atoms. The van der Waals surface area contributed by atoms with Crippen molar-refractivity contribution < 1.29 is 15.1 Å². The van der Waals surface area contributed by atoms with Crippen LogP contribution in [0.4, 0.5) is 0 Å². The van der Waals surface area contributed by atoms with E-state index in [9.17, 15) is 5.11 Å². The van der Waals surface area contributed by atoms with Crippen LogP contribution in [0.15, 0.2) is 47.6 Å². The maximum Gasteiger partial charge on any atom is 0.120 e. The van der Waals surface area contributed by atoms with Gasteiger partial charge in [-0.15, -0.1) is 0 Å². The van der Waals surface area contributed by atoms with Crippen molar-refractivity contribution in [1.29, 1.82) is 0 Å². The highest BCUT2D eigenvalue weighted by atomic mass is 16.5. The first-order chi connectivity index (χ1) is 9.76. The van der Waals surface area contributed by atoms with Crippen LogP contribution in [0.3, 0.4) is 0 Å². The van der Waals surface area contributed by atoms with Crippen LogP contribution in [0.2, 0.25) is 0 Å². The van der Waals surface area contributed by atoms with E-state index >= 15 is 0 Å². The van der Waals surface area contributed by atoms with Gasteiger partial charge < -0.3 is 15.1 Å². The Hall–Kier alpha value is -2.49. The summed E-state index contributed by atoms with van der Waals surface area (Å²) < 4.78 is 5.73. The predicted molar refractivity (Wildman–Crippen MR) is 75.5 cm³/mol. The van der Waals surface area contributed by atoms with Crippen LogP contribution in [0.5, 0.6) is 11.5 Å². The lowest BCUT2D eigenvalue weighted by Crippen LogP contribution is -1.97. The van der Waals surface area contributed by atoms with E-state index in [0.717, 1.165) is 41.0 Å². The molecule has 0 bridgehead atoms. The van der Waals surface area contributed by atoms with Crippen molar-refractivity contribution in [3.8, 4) is 11.5 Å². The molecule has 4 heteroatoms. The van der Waals surface area contributed by atoms with Crippen molar-refractivity contribution in [3.63, 3.8) is 0 Å². The van der Waals surface area contributed by atoms with Crippen molar-refractivity contribution in [2.24, 2.45) is 5.16 Å². The van der Waals surface area contributed by atoms with E-state index in [2.05, 4.69) is 5.16 Å². The van der Waals surface area contributed by atoms with E-state index in [1.807, 2.05) is 24.3 Å². The summed E-state index contributed by atoms with van der Waals surface area (Å²) in [7, 11) is 0. The first kappa shape index (κ1) is 12.5. The van der Waals surface area contributed by atoms with Crippen LogP contribution < -0.4 is 4.74 Å². The molecule has 0 saturated heterocycles. The zero-order chi connectivity index (χ0) is 13.9. The molecule has 0 amide bonds. The Labute approximate surface area is 116 Å². The summed E-state index contributed by atoms with van der Waals surface area (Å²) >= 11 is 0. The van der Waals surface area contributed by atoms with Crippen molar-refractivity contribution in [2.75, 3.05) is 0 Å². The van der Waals surface area contributed by atoms with E-state index in [1.165, 1.54) is 0 Å². The van der Waals surface area contributed by atoms with Crippen LogP contribution in [0.25, 0.3) is 0 Å². The fraction of sp³-hybridized carbons (Fsp3) is 0.188. The molecule has 0 aliphatic heterocycles. The van der Waals surface area contributed by atoms with Crippen LogP contribution in [-0.4, -0.2) is 16.0 Å². The van der Waals surface area contributed by atoms with Gasteiger partial charge >= 0.3 is 0 Å². The van der Waals surface area contributed by atoms with Crippen molar-refractivity contribution in [2.45, 2.75) is 19.4 Å². The minimum atomic E-state index is 0.240. The second-order valence-corrected chi connectivity index (χ2v) is 4.82. The quantitative estimate of drug-likeness (QED) is 0.665. The van der Waals surface area contributed by atoms with Gasteiger partial charge in [0.1, 0.15) is 18.1 Å². The standard InChI is InChI=1S/C16H15NO3/c18-13-3-1-2-11(8-13)10-20-14-5-6-15-12(9-14)4-7-16(15)17-19/h1-3,5-6,8-9,18-19H,4,7,10H2/b17-16-. The Bertz CT molecular complexity index is 665. The number of oxime groups is 1. The van der Waals surface area contributed by atoms with Gasteiger partial charge in [-0.05, 0) is 54.3 Å². The highest BCUT2D eigenvalue weighted by Crippen LogP contribution is 2.27. The molecule has 0 fully saturated rings. The van der Waals surface area contributed by atoms with Gasteiger partial charge in [0.2, 0.25) is 0 Å². The average molecular weight is 269 g/mol. The Morgan fingerprint density at radius 1 is 1.10 bits per heavy atom. The Morgan fingerprint density at radius 3 is 2.80 bits per heavy atom. The molecule has 0 aromatic heterocycles. The number of rotatable bonds is 3.